The Labute approximate surface area is 171 Å². The van der Waals surface area contributed by atoms with E-state index in [0.29, 0.717) is 0 Å². The molecule has 2 rings (SSSR count). The lowest BCUT2D eigenvalue weighted by Gasteiger charge is -2.24. The Morgan fingerprint density at radius 1 is 0.844 bits per heavy atom. The second-order valence-electron chi connectivity index (χ2n) is 6.08. The number of carbonyl (C=O) groups is 3. The summed E-state index contributed by atoms with van der Waals surface area (Å²) < 4.78 is 109. The maximum atomic E-state index is 15.0. The van der Waals surface area contributed by atoms with Crippen LogP contribution in [0, 0.1) is 11.6 Å². The van der Waals surface area contributed by atoms with Crippen molar-refractivity contribution in [2.24, 2.45) is 0 Å². The summed E-state index contributed by atoms with van der Waals surface area (Å²) in [6, 6.07) is 0.685. The molecule has 1 aromatic heterocycles. The monoisotopic (exact) mass is 472 g/mol. The molecule has 1 aromatic carbocycles. The van der Waals surface area contributed by atoms with E-state index in [9.17, 15) is 49.5 Å². The smallest absolute Gasteiger partial charge is 0.406 e. The van der Waals surface area contributed by atoms with Crippen LogP contribution in [-0.2, 0) is 9.59 Å². The number of aromatic nitrogens is 2. The van der Waals surface area contributed by atoms with Crippen LogP contribution in [0.3, 0.4) is 0 Å². The van der Waals surface area contributed by atoms with Gasteiger partial charge in [0.05, 0.1) is 5.56 Å². The minimum Gasteiger partial charge on any atom is -0.481 e. The molecule has 0 aliphatic heterocycles. The highest BCUT2D eigenvalue weighted by Crippen LogP contribution is 2.44. The van der Waals surface area contributed by atoms with Gasteiger partial charge < -0.3 is 10.2 Å². The molecule has 0 saturated heterocycles. The fourth-order valence-electron chi connectivity index (χ4n) is 2.78. The summed E-state index contributed by atoms with van der Waals surface area (Å²) >= 11 is 0. The van der Waals surface area contributed by atoms with Crippen LogP contribution in [0.4, 0.5) is 35.1 Å². The molecule has 0 spiro atoms. The van der Waals surface area contributed by atoms with Crippen LogP contribution in [0.5, 0.6) is 0 Å². The van der Waals surface area contributed by atoms with Crippen LogP contribution >= 0.6 is 0 Å². The molecule has 15 heteroatoms. The molecule has 32 heavy (non-hydrogen) atoms. The van der Waals surface area contributed by atoms with E-state index < -0.39 is 82.1 Å². The van der Waals surface area contributed by atoms with Crippen molar-refractivity contribution in [3.05, 3.63) is 58.7 Å². The predicted molar refractivity (Wildman–Crippen MR) is 84.7 cm³/mol. The van der Waals surface area contributed by atoms with E-state index in [4.69, 9.17) is 10.2 Å². The van der Waals surface area contributed by atoms with Gasteiger partial charge in [-0.3, -0.25) is 14.4 Å². The van der Waals surface area contributed by atoms with E-state index >= 15 is 0 Å². The molecular weight excluding hydrogens is 464 g/mol. The van der Waals surface area contributed by atoms with Gasteiger partial charge in [0.1, 0.15) is 11.6 Å². The fourth-order valence-corrected chi connectivity index (χ4v) is 2.78. The molecule has 7 nitrogen and oxygen atoms in total. The first-order chi connectivity index (χ1) is 14.6. The number of hydrogen-bond acceptors (Lipinski definition) is 5. The Morgan fingerprint density at radius 3 is 1.72 bits per heavy atom. The first-order valence-corrected chi connectivity index (χ1v) is 8.01. The van der Waals surface area contributed by atoms with E-state index in [0.717, 1.165) is 18.5 Å². The Hall–Kier alpha value is -3.65. The highest BCUT2D eigenvalue weighted by molar-refractivity contribution is 6.08. The van der Waals surface area contributed by atoms with Crippen molar-refractivity contribution in [3.63, 3.8) is 0 Å². The number of ketones is 1. The molecule has 0 aliphatic rings. The molecule has 0 saturated carbocycles. The molecule has 0 aliphatic carbocycles. The molecule has 0 amide bonds. The summed E-state index contributed by atoms with van der Waals surface area (Å²) in [6.07, 6.45) is -10.0. The van der Waals surface area contributed by atoms with E-state index in [1.165, 1.54) is 0 Å². The predicted octanol–water partition coefficient (Wildman–Crippen LogP) is 3.45. The van der Waals surface area contributed by atoms with Gasteiger partial charge in [0.15, 0.2) is 11.8 Å². The Bertz CT molecular complexity index is 1070. The molecule has 0 radical (unpaired) electrons. The molecule has 2 N–H and O–H groups in total. The zero-order valence-electron chi connectivity index (χ0n) is 15.0. The largest absolute Gasteiger partial charge is 0.481 e. The maximum Gasteiger partial charge on any atom is 0.406 e. The number of rotatable bonds is 6. The highest BCUT2D eigenvalue weighted by Gasteiger charge is 2.53. The number of benzene rings is 1. The van der Waals surface area contributed by atoms with Crippen molar-refractivity contribution in [3.8, 4) is 0 Å². The topological polar surface area (TPSA) is 117 Å². The lowest BCUT2D eigenvalue weighted by Crippen LogP contribution is -2.34. The number of aliphatic carboxylic acids is 2. The van der Waals surface area contributed by atoms with Gasteiger partial charge in [0.25, 0.3) is 0 Å². The van der Waals surface area contributed by atoms with Gasteiger partial charge in [0.2, 0.25) is 11.6 Å². The summed E-state index contributed by atoms with van der Waals surface area (Å²) in [7, 11) is 0. The Balaban J connectivity index is 3.01. The molecule has 172 valence electrons. The molecule has 2 unspecified atom stereocenters. The van der Waals surface area contributed by atoms with Crippen molar-refractivity contribution in [1.29, 1.82) is 0 Å². The van der Waals surface area contributed by atoms with Gasteiger partial charge in [-0.2, -0.15) is 26.3 Å². The average Bonchev–Trinajstić information content (AvgIpc) is 2.63. The number of alkyl halides is 6. The zero-order chi connectivity index (χ0) is 24.6. The molecule has 2 aromatic rings. The minimum atomic E-state index is -5.93. The Kier molecular flexibility index (Phi) is 6.52. The van der Waals surface area contributed by atoms with Crippen molar-refractivity contribution < 1.29 is 59.7 Å². The minimum absolute atomic E-state index is 0.434. The third kappa shape index (κ3) is 4.65. The lowest BCUT2D eigenvalue weighted by molar-refractivity contribution is -0.177. The van der Waals surface area contributed by atoms with Crippen LogP contribution in [0.25, 0.3) is 0 Å². The van der Waals surface area contributed by atoms with E-state index in [2.05, 4.69) is 9.97 Å². The fraction of sp³-hybridized carbons (Fsp3) is 0.235. The third-order valence-corrected chi connectivity index (χ3v) is 4.02. The number of carboxylic acid groups (broad SMARTS) is 2. The van der Waals surface area contributed by atoms with Gasteiger partial charge in [-0.15, -0.1) is 0 Å². The summed E-state index contributed by atoms with van der Waals surface area (Å²) in [4.78, 5) is 41.4. The number of hydrogen-bond donors (Lipinski definition) is 2. The van der Waals surface area contributed by atoms with Crippen molar-refractivity contribution in [2.45, 2.75) is 24.2 Å². The number of carbonyl (C=O) groups excluding carboxylic acids is 1. The standard InChI is InChI=1S/C17H8F8N2O5/c18-6-4-5(9(14(29)30)16(20,21)22)11(19)8(10(15(31)32)17(23,24)25)7(6)12(28)13-26-2-1-3-27-13/h1-4,9-10H,(H,29,30)(H,31,32). The van der Waals surface area contributed by atoms with Crippen LogP contribution in [0.1, 0.15) is 39.1 Å². The first kappa shape index (κ1) is 24.6. The summed E-state index contributed by atoms with van der Waals surface area (Å²) in [5.41, 5.74) is -6.40. The average molecular weight is 472 g/mol. The van der Waals surface area contributed by atoms with Crippen molar-refractivity contribution in [2.75, 3.05) is 0 Å². The van der Waals surface area contributed by atoms with E-state index in [1.807, 2.05) is 0 Å². The number of halogens is 8. The van der Waals surface area contributed by atoms with Crippen LogP contribution < -0.4 is 0 Å². The highest BCUT2D eigenvalue weighted by atomic mass is 19.4. The van der Waals surface area contributed by atoms with Gasteiger partial charge in [-0.1, -0.05) is 0 Å². The van der Waals surface area contributed by atoms with Crippen LogP contribution in [0.2, 0.25) is 0 Å². The second-order valence-corrected chi connectivity index (χ2v) is 6.08. The van der Waals surface area contributed by atoms with E-state index in [1.54, 1.807) is 0 Å². The third-order valence-electron chi connectivity index (χ3n) is 4.02. The summed E-state index contributed by atoms with van der Waals surface area (Å²) in [5.74, 6) is -21.4. The zero-order valence-corrected chi connectivity index (χ0v) is 15.0. The number of carboxylic acids is 2. The lowest BCUT2D eigenvalue weighted by atomic mass is 9.85. The molecule has 2 atom stereocenters. The normalized spacial score (nSPS) is 14.0. The summed E-state index contributed by atoms with van der Waals surface area (Å²) in [5, 5.41) is 17.8. The van der Waals surface area contributed by atoms with Gasteiger partial charge >= 0.3 is 24.3 Å². The Morgan fingerprint density at radius 2 is 1.31 bits per heavy atom. The van der Waals surface area contributed by atoms with Crippen LogP contribution in [0.15, 0.2) is 24.5 Å². The molecule has 0 fully saturated rings. The van der Waals surface area contributed by atoms with Crippen molar-refractivity contribution >= 4 is 17.7 Å². The maximum absolute atomic E-state index is 15.0. The SMILES string of the molecule is O=C(c1ncccn1)c1c(F)cc(C(C(=O)O)C(F)(F)F)c(F)c1C(C(=O)O)C(F)(F)F. The molecular formula is C17H8F8N2O5. The summed E-state index contributed by atoms with van der Waals surface area (Å²) in [6.45, 7) is 0. The first-order valence-electron chi connectivity index (χ1n) is 8.01. The second kappa shape index (κ2) is 8.47. The molecule has 1 heterocycles. The quantitative estimate of drug-likeness (QED) is 0.489. The van der Waals surface area contributed by atoms with Gasteiger partial charge in [0, 0.05) is 23.5 Å². The van der Waals surface area contributed by atoms with E-state index in [-0.39, 0.29) is 0 Å². The van der Waals surface area contributed by atoms with Crippen molar-refractivity contribution in [1.82, 2.24) is 9.97 Å². The van der Waals surface area contributed by atoms with Gasteiger partial charge in [-0.05, 0) is 12.1 Å². The number of nitrogens with zero attached hydrogens (tertiary/aromatic N) is 2. The van der Waals surface area contributed by atoms with Crippen LogP contribution in [-0.4, -0.2) is 50.3 Å². The van der Waals surface area contributed by atoms with Gasteiger partial charge in [-0.25, -0.2) is 18.7 Å². The molecule has 0 bridgehead atoms.